The molecule has 0 unspecified atom stereocenters. The third kappa shape index (κ3) is 5.16. The lowest BCUT2D eigenvalue weighted by atomic mass is 10.0. The van der Waals surface area contributed by atoms with Crippen molar-refractivity contribution in [2.45, 2.75) is 12.4 Å². The highest BCUT2D eigenvalue weighted by Gasteiger charge is 2.36. The summed E-state index contributed by atoms with van der Waals surface area (Å²) in [5.41, 5.74) is -2.18. The molecule has 3 amide bonds. The van der Waals surface area contributed by atoms with Crippen molar-refractivity contribution in [3.8, 4) is 5.75 Å². The summed E-state index contributed by atoms with van der Waals surface area (Å²) in [6, 6.07) is 5.01. The number of nitrogens with zero attached hydrogens (tertiary/aromatic N) is 1. The van der Waals surface area contributed by atoms with Gasteiger partial charge in [0, 0.05) is 12.1 Å². The number of anilines is 1. The molecule has 0 aliphatic carbocycles. The number of amides is 3. The first-order valence-electron chi connectivity index (χ1n) is 9.15. The Labute approximate surface area is 182 Å². The van der Waals surface area contributed by atoms with Gasteiger partial charge in [-0.15, -0.1) is 6.58 Å². The van der Waals surface area contributed by atoms with Crippen LogP contribution in [0.4, 0.5) is 32.0 Å². The Kier molecular flexibility index (Phi) is 6.21. The SMILES string of the molecule is C=CCN1C(=O)c2ccc(C(=O)Nc3cc(C(F)(F)F)ccc3OCC(F)(F)F)cc2C1=O. The van der Waals surface area contributed by atoms with E-state index in [4.69, 9.17) is 0 Å². The Bertz CT molecular complexity index is 1140. The van der Waals surface area contributed by atoms with E-state index >= 15 is 0 Å². The van der Waals surface area contributed by atoms with Gasteiger partial charge in [0.05, 0.1) is 22.4 Å². The van der Waals surface area contributed by atoms with Crippen LogP contribution in [0.2, 0.25) is 0 Å². The Morgan fingerprint density at radius 2 is 1.67 bits per heavy atom. The van der Waals surface area contributed by atoms with E-state index in [0.717, 1.165) is 17.0 Å². The zero-order valence-electron chi connectivity index (χ0n) is 16.5. The summed E-state index contributed by atoms with van der Waals surface area (Å²) in [5.74, 6) is -2.98. The molecule has 12 heteroatoms. The summed E-state index contributed by atoms with van der Waals surface area (Å²) < 4.78 is 81.1. The fraction of sp³-hybridized carbons (Fsp3) is 0.190. The Balaban J connectivity index is 1.92. The van der Waals surface area contributed by atoms with E-state index in [0.29, 0.717) is 18.2 Å². The van der Waals surface area contributed by atoms with Crippen molar-refractivity contribution in [1.82, 2.24) is 4.90 Å². The number of imide groups is 1. The summed E-state index contributed by atoms with van der Waals surface area (Å²) >= 11 is 0. The summed E-state index contributed by atoms with van der Waals surface area (Å²) in [7, 11) is 0. The van der Waals surface area contributed by atoms with Crippen LogP contribution < -0.4 is 10.1 Å². The number of ether oxygens (including phenoxy) is 1. The van der Waals surface area contributed by atoms with E-state index in [9.17, 15) is 40.7 Å². The van der Waals surface area contributed by atoms with Gasteiger partial charge in [0.2, 0.25) is 0 Å². The van der Waals surface area contributed by atoms with Crippen molar-refractivity contribution in [2.24, 2.45) is 0 Å². The zero-order chi connectivity index (χ0) is 24.6. The molecule has 0 atom stereocenters. The first-order valence-corrected chi connectivity index (χ1v) is 9.15. The molecular weight excluding hydrogens is 458 g/mol. The number of nitrogens with one attached hydrogen (secondary N) is 1. The number of carbonyl (C=O) groups is 3. The molecule has 0 aromatic heterocycles. The van der Waals surface area contributed by atoms with Crippen molar-refractivity contribution in [3.05, 3.63) is 71.3 Å². The molecule has 0 bridgehead atoms. The topological polar surface area (TPSA) is 75.7 Å². The summed E-state index contributed by atoms with van der Waals surface area (Å²) in [6.07, 6.45) is -8.28. The molecule has 6 nitrogen and oxygen atoms in total. The van der Waals surface area contributed by atoms with Crippen molar-refractivity contribution in [2.75, 3.05) is 18.5 Å². The van der Waals surface area contributed by atoms with Crippen LogP contribution in [0.5, 0.6) is 5.75 Å². The third-order valence-corrected chi connectivity index (χ3v) is 4.49. The molecule has 0 saturated carbocycles. The molecule has 1 aliphatic rings. The molecular formula is C21H14F6N2O4. The van der Waals surface area contributed by atoms with E-state index in [2.05, 4.69) is 16.6 Å². The van der Waals surface area contributed by atoms with E-state index in [1.165, 1.54) is 12.1 Å². The molecule has 0 saturated heterocycles. The number of fused-ring (bicyclic) bond motifs is 1. The lowest BCUT2D eigenvalue weighted by molar-refractivity contribution is -0.153. The normalized spacial score (nSPS) is 13.7. The van der Waals surface area contributed by atoms with Crippen molar-refractivity contribution < 1.29 is 45.5 Å². The third-order valence-electron chi connectivity index (χ3n) is 4.49. The number of benzene rings is 2. The van der Waals surface area contributed by atoms with Crippen LogP contribution in [0.1, 0.15) is 36.6 Å². The number of halogens is 6. The van der Waals surface area contributed by atoms with Gasteiger partial charge in [-0.05, 0) is 36.4 Å². The second-order valence-corrected chi connectivity index (χ2v) is 6.84. The van der Waals surface area contributed by atoms with Crippen LogP contribution in [0, 0.1) is 0 Å². The lowest BCUT2D eigenvalue weighted by Crippen LogP contribution is -2.29. The maximum Gasteiger partial charge on any atom is 0.422 e. The molecule has 33 heavy (non-hydrogen) atoms. The van der Waals surface area contributed by atoms with Crippen LogP contribution in [-0.2, 0) is 6.18 Å². The molecule has 2 aromatic rings. The average molecular weight is 472 g/mol. The fourth-order valence-corrected chi connectivity index (χ4v) is 3.01. The van der Waals surface area contributed by atoms with E-state index in [1.54, 1.807) is 0 Å². The average Bonchev–Trinajstić information content (AvgIpc) is 2.96. The molecule has 1 N–H and O–H groups in total. The first-order chi connectivity index (χ1) is 15.3. The van der Waals surface area contributed by atoms with E-state index in [1.807, 2.05) is 0 Å². The highest BCUT2D eigenvalue weighted by Crippen LogP contribution is 2.36. The summed E-state index contributed by atoms with van der Waals surface area (Å²) in [5, 5.41) is 2.07. The van der Waals surface area contributed by atoms with Gasteiger partial charge in [-0.25, -0.2) is 0 Å². The standard InChI is InChI=1S/C21H14F6N2O4/c1-2-7-29-18(31)13-5-3-11(8-14(13)19(29)32)17(30)28-15-9-12(21(25,26)27)4-6-16(15)33-10-20(22,23)24/h2-6,8-9H,1,7,10H2,(H,28,30). The van der Waals surface area contributed by atoms with Crippen LogP contribution in [0.25, 0.3) is 0 Å². The smallest absolute Gasteiger partial charge is 0.422 e. The number of rotatable bonds is 6. The van der Waals surface area contributed by atoms with Crippen molar-refractivity contribution >= 4 is 23.4 Å². The Hall–Kier alpha value is -3.83. The lowest BCUT2D eigenvalue weighted by Gasteiger charge is -2.16. The van der Waals surface area contributed by atoms with E-state index in [-0.39, 0.29) is 23.2 Å². The quantitative estimate of drug-likeness (QED) is 0.376. The van der Waals surface area contributed by atoms with Gasteiger partial charge < -0.3 is 10.1 Å². The Morgan fingerprint density at radius 3 is 2.27 bits per heavy atom. The van der Waals surface area contributed by atoms with Crippen molar-refractivity contribution in [1.29, 1.82) is 0 Å². The molecule has 0 fully saturated rings. The summed E-state index contributed by atoms with van der Waals surface area (Å²) in [6.45, 7) is 1.57. The van der Waals surface area contributed by atoms with Gasteiger partial charge in [-0.3, -0.25) is 19.3 Å². The number of carbonyl (C=O) groups excluding carboxylic acids is 3. The molecule has 1 heterocycles. The van der Waals surface area contributed by atoms with Gasteiger partial charge in [0.1, 0.15) is 5.75 Å². The fourth-order valence-electron chi connectivity index (χ4n) is 3.01. The number of hydrogen-bond donors (Lipinski definition) is 1. The van der Waals surface area contributed by atoms with Crippen molar-refractivity contribution in [3.63, 3.8) is 0 Å². The Morgan fingerprint density at radius 1 is 1.00 bits per heavy atom. The van der Waals surface area contributed by atoms with Gasteiger partial charge in [0.25, 0.3) is 17.7 Å². The van der Waals surface area contributed by atoms with Crippen LogP contribution in [-0.4, -0.2) is 41.9 Å². The minimum atomic E-state index is -4.84. The molecule has 174 valence electrons. The van der Waals surface area contributed by atoms with Gasteiger partial charge in [-0.1, -0.05) is 6.08 Å². The van der Waals surface area contributed by atoms with Crippen LogP contribution >= 0.6 is 0 Å². The van der Waals surface area contributed by atoms with Gasteiger partial charge >= 0.3 is 12.4 Å². The van der Waals surface area contributed by atoms with Gasteiger partial charge in [0.15, 0.2) is 6.61 Å². The highest BCUT2D eigenvalue weighted by molar-refractivity contribution is 6.22. The van der Waals surface area contributed by atoms with Gasteiger partial charge in [-0.2, -0.15) is 26.3 Å². The first kappa shape index (κ1) is 23.8. The molecule has 0 spiro atoms. The summed E-state index contributed by atoms with van der Waals surface area (Å²) in [4.78, 5) is 38.1. The number of alkyl halides is 6. The van der Waals surface area contributed by atoms with Crippen LogP contribution in [0.3, 0.4) is 0 Å². The largest absolute Gasteiger partial charge is 0.482 e. The maximum absolute atomic E-state index is 13.0. The highest BCUT2D eigenvalue weighted by atomic mass is 19.4. The molecule has 0 radical (unpaired) electrons. The number of hydrogen-bond acceptors (Lipinski definition) is 4. The van der Waals surface area contributed by atoms with E-state index < -0.39 is 53.7 Å². The second-order valence-electron chi connectivity index (χ2n) is 6.84. The zero-order valence-corrected chi connectivity index (χ0v) is 16.5. The minimum absolute atomic E-state index is 0.0201. The monoisotopic (exact) mass is 472 g/mol. The maximum atomic E-state index is 13.0. The molecule has 2 aromatic carbocycles. The molecule has 3 rings (SSSR count). The predicted octanol–water partition coefficient (Wildman–Crippen LogP) is 4.68. The second kappa shape index (κ2) is 8.60. The predicted molar refractivity (Wildman–Crippen MR) is 103 cm³/mol. The minimum Gasteiger partial charge on any atom is -0.482 e. The van der Waals surface area contributed by atoms with Crippen LogP contribution in [0.15, 0.2) is 49.1 Å². The molecule has 1 aliphatic heterocycles.